The summed E-state index contributed by atoms with van der Waals surface area (Å²) in [6, 6.07) is 9.84. The molecule has 1 aliphatic rings. The number of nitrogens with zero attached hydrogens (tertiary/aromatic N) is 1. The Morgan fingerprint density at radius 2 is 1.61 bits per heavy atom. The Morgan fingerprint density at radius 3 is 2.17 bits per heavy atom. The van der Waals surface area contributed by atoms with E-state index in [1.807, 2.05) is 0 Å². The van der Waals surface area contributed by atoms with E-state index < -0.39 is 0 Å². The maximum absolute atomic E-state index is 12.7. The fraction of sp³-hybridized carbons (Fsp3) is 0.176. The molecule has 0 fully saturated rings. The monoisotopic (exact) mass is 313 g/mol. The summed E-state index contributed by atoms with van der Waals surface area (Å²) in [6.07, 6.45) is 0. The van der Waals surface area contributed by atoms with Gasteiger partial charge in [0.15, 0.2) is 0 Å². The summed E-state index contributed by atoms with van der Waals surface area (Å²) in [6.45, 7) is 0. The normalized spacial score (nSPS) is 13.1. The number of carbonyl (C=O) groups excluding carboxylic acids is 1. The van der Waals surface area contributed by atoms with E-state index in [4.69, 9.17) is 14.2 Å². The topological polar surface area (TPSA) is 70.8 Å². The zero-order chi connectivity index (χ0) is 16.6. The van der Waals surface area contributed by atoms with Gasteiger partial charge in [-0.25, -0.2) is 0 Å². The van der Waals surface area contributed by atoms with Gasteiger partial charge in [-0.15, -0.1) is 0 Å². The molecule has 3 rings (SSSR count). The van der Waals surface area contributed by atoms with Gasteiger partial charge in [0.25, 0.3) is 11.5 Å². The molecule has 0 spiro atoms. The lowest BCUT2D eigenvalue weighted by Gasteiger charge is -2.07. The molecule has 2 aromatic carbocycles. The lowest BCUT2D eigenvalue weighted by molar-refractivity contribution is -0.355. The third-order valence-corrected chi connectivity index (χ3v) is 3.71. The van der Waals surface area contributed by atoms with Crippen LogP contribution in [0, 0.1) is 5.21 Å². The van der Waals surface area contributed by atoms with Crippen molar-refractivity contribution in [2.45, 2.75) is 0 Å². The molecule has 0 bridgehead atoms. The first-order chi connectivity index (χ1) is 11.1. The molecule has 118 valence electrons. The molecule has 1 aliphatic heterocycles. The smallest absolute Gasteiger partial charge is 0.273 e. The summed E-state index contributed by atoms with van der Waals surface area (Å²) in [4.78, 5) is 12.7. The molecule has 0 N–H and O–H groups in total. The van der Waals surface area contributed by atoms with Crippen LogP contribution >= 0.6 is 0 Å². The Hall–Kier alpha value is -3.02. The summed E-state index contributed by atoms with van der Waals surface area (Å²) in [7, 11) is 4.48. The van der Waals surface area contributed by atoms with Gasteiger partial charge in [-0.2, -0.15) is 4.74 Å². The maximum atomic E-state index is 12.7. The fourth-order valence-electron chi connectivity index (χ4n) is 2.61. The third kappa shape index (κ3) is 2.28. The summed E-state index contributed by atoms with van der Waals surface area (Å²) in [5, 5.41) is 12.6. The Morgan fingerprint density at radius 1 is 0.957 bits per heavy atom. The lowest BCUT2D eigenvalue weighted by atomic mass is 10.0. The molecule has 2 aromatic rings. The van der Waals surface area contributed by atoms with Gasteiger partial charge in [-0.05, 0) is 18.2 Å². The number of rotatable bonds is 4. The van der Waals surface area contributed by atoms with Crippen LogP contribution in [-0.4, -0.2) is 37.6 Å². The van der Waals surface area contributed by atoms with E-state index >= 15 is 0 Å². The van der Waals surface area contributed by atoms with Gasteiger partial charge in [0.1, 0.15) is 22.8 Å². The van der Waals surface area contributed by atoms with Gasteiger partial charge >= 0.3 is 0 Å². The van der Waals surface area contributed by atoms with Crippen molar-refractivity contribution < 1.29 is 23.7 Å². The Kier molecular flexibility index (Phi) is 3.65. The maximum Gasteiger partial charge on any atom is 0.273 e. The molecule has 0 saturated heterocycles. The number of fused-ring (bicyclic) bond motifs is 1. The number of benzene rings is 2. The van der Waals surface area contributed by atoms with E-state index in [0.717, 1.165) is 0 Å². The first-order valence-corrected chi connectivity index (χ1v) is 6.90. The van der Waals surface area contributed by atoms with Crippen molar-refractivity contribution in [1.82, 2.24) is 0 Å². The minimum atomic E-state index is -0.386. The molecule has 0 amide bonds. The minimum absolute atomic E-state index is 0.0155. The molecule has 23 heavy (non-hydrogen) atoms. The van der Waals surface area contributed by atoms with E-state index in [2.05, 4.69) is 0 Å². The summed E-state index contributed by atoms with van der Waals surface area (Å²) >= 11 is 0. The van der Waals surface area contributed by atoms with Crippen LogP contribution in [0.2, 0.25) is 0 Å². The number of ketones is 1. The zero-order valence-electron chi connectivity index (χ0n) is 13.0. The van der Waals surface area contributed by atoms with Gasteiger partial charge in [0.2, 0.25) is 5.69 Å². The number of hydrogen-bond acceptors (Lipinski definition) is 5. The Labute approximate surface area is 133 Å². The molecule has 6 nitrogen and oxygen atoms in total. The second kappa shape index (κ2) is 5.64. The van der Waals surface area contributed by atoms with Crippen LogP contribution in [0.1, 0.15) is 15.9 Å². The van der Waals surface area contributed by atoms with Crippen molar-refractivity contribution in [2.24, 2.45) is 0 Å². The van der Waals surface area contributed by atoms with Crippen LogP contribution in [-0.2, 0) is 0 Å². The molecule has 0 radical (unpaired) electrons. The predicted octanol–water partition coefficient (Wildman–Crippen LogP) is 2.54. The van der Waals surface area contributed by atoms with Crippen molar-refractivity contribution >= 4 is 17.2 Å². The second-order valence-corrected chi connectivity index (χ2v) is 4.93. The Bertz CT molecular complexity index is 803. The van der Waals surface area contributed by atoms with Crippen LogP contribution in [0.15, 0.2) is 36.4 Å². The zero-order valence-corrected chi connectivity index (χ0v) is 13.0. The van der Waals surface area contributed by atoms with Crippen LogP contribution in [0.5, 0.6) is 17.2 Å². The highest BCUT2D eigenvalue weighted by Crippen LogP contribution is 2.36. The molecule has 0 atom stereocenters. The van der Waals surface area contributed by atoms with E-state index in [-0.39, 0.29) is 22.7 Å². The van der Waals surface area contributed by atoms with Crippen LogP contribution in [0.3, 0.4) is 0 Å². The van der Waals surface area contributed by atoms with Crippen molar-refractivity contribution in [2.75, 3.05) is 21.3 Å². The van der Waals surface area contributed by atoms with Gasteiger partial charge < -0.3 is 19.4 Å². The molecule has 0 unspecified atom stereocenters. The second-order valence-electron chi connectivity index (χ2n) is 4.93. The van der Waals surface area contributed by atoms with E-state index in [0.29, 0.717) is 27.6 Å². The molecule has 0 saturated carbocycles. The summed E-state index contributed by atoms with van der Waals surface area (Å²) < 4.78 is 16.2. The van der Waals surface area contributed by atoms with Gasteiger partial charge in [0, 0.05) is 12.1 Å². The van der Waals surface area contributed by atoms with Gasteiger partial charge in [-0.3, -0.25) is 4.79 Å². The van der Waals surface area contributed by atoms with Crippen molar-refractivity contribution in [1.29, 1.82) is 0 Å². The van der Waals surface area contributed by atoms with Crippen LogP contribution in [0.4, 0.5) is 5.69 Å². The average Bonchev–Trinajstić information content (AvgIpc) is 2.85. The number of hydrogen-bond donors (Lipinski definition) is 0. The quantitative estimate of drug-likeness (QED) is 0.641. The van der Waals surface area contributed by atoms with Crippen molar-refractivity contribution in [3.05, 3.63) is 52.7 Å². The fourth-order valence-corrected chi connectivity index (χ4v) is 2.61. The summed E-state index contributed by atoms with van der Waals surface area (Å²) in [5.74, 6) is 0.980. The first-order valence-electron chi connectivity index (χ1n) is 6.90. The first kappa shape index (κ1) is 14.9. The average molecular weight is 313 g/mol. The highest BCUT2D eigenvalue weighted by atomic mass is 16.5. The molecule has 1 heterocycles. The number of methoxy groups -OCH3 is 3. The lowest BCUT2D eigenvalue weighted by Crippen LogP contribution is -2.17. The van der Waals surface area contributed by atoms with Gasteiger partial charge in [0.05, 0.1) is 26.9 Å². The molecule has 0 aliphatic carbocycles. The van der Waals surface area contributed by atoms with Crippen molar-refractivity contribution in [3.63, 3.8) is 0 Å². The molecular weight excluding hydrogens is 298 g/mol. The number of Topliss-reactive ketones (excluding diaryl/α,β-unsaturated/α-hetero) is 1. The standard InChI is InChI=1S/C17H15NO5/c1-21-11-7-10(8-12(9-11)22-2)16-17(19)15-13(18(16)20)5-4-6-14(15)23-3/h4-9H,1-3H3. The molecule has 0 aromatic heterocycles. The molecule has 6 heteroatoms. The summed E-state index contributed by atoms with van der Waals surface area (Å²) in [5.41, 5.74) is 0.981. The van der Waals surface area contributed by atoms with E-state index in [1.165, 1.54) is 21.3 Å². The Balaban J connectivity index is 2.19. The largest absolute Gasteiger partial charge is 0.618 e. The number of ether oxygens (including phenoxy) is 3. The predicted molar refractivity (Wildman–Crippen MR) is 84.3 cm³/mol. The van der Waals surface area contributed by atoms with Gasteiger partial charge in [-0.1, -0.05) is 6.07 Å². The third-order valence-electron chi connectivity index (χ3n) is 3.71. The van der Waals surface area contributed by atoms with Crippen LogP contribution in [0.25, 0.3) is 0 Å². The van der Waals surface area contributed by atoms with E-state index in [9.17, 15) is 10.0 Å². The SMILES string of the molecule is COc1cc(OC)cc(C2=[N+]([O-])c3cccc(OC)c3C2=O)c1. The van der Waals surface area contributed by atoms with Crippen LogP contribution < -0.4 is 14.2 Å². The highest BCUT2D eigenvalue weighted by molar-refractivity contribution is 6.52. The van der Waals surface area contributed by atoms with E-state index in [1.54, 1.807) is 36.4 Å². The van der Waals surface area contributed by atoms with Crippen molar-refractivity contribution in [3.8, 4) is 17.2 Å². The number of carbonyl (C=O) groups is 1. The highest BCUT2D eigenvalue weighted by Gasteiger charge is 2.39. The molecular formula is C17H15NO5. The minimum Gasteiger partial charge on any atom is -0.618 e.